The quantitative estimate of drug-likeness (QED) is 0.354. The van der Waals surface area contributed by atoms with Crippen LogP contribution in [0.1, 0.15) is 45.4 Å². The molecule has 0 saturated carbocycles. The van der Waals surface area contributed by atoms with Gasteiger partial charge in [-0.3, -0.25) is 4.99 Å². The number of halogens is 1. The van der Waals surface area contributed by atoms with Crippen LogP contribution in [0.15, 0.2) is 22.5 Å². The average Bonchev–Trinajstić information content (AvgIpc) is 3.13. The van der Waals surface area contributed by atoms with E-state index < -0.39 is 5.60 Å². The number of amides is 1. The molecule has 1 aromatic rings. The standard InChI is InChI=1S/C20H34N4O2S.HI/c1-6-23(19(25)26-20(2,3)4)15-16-9-11-24(12-10-16)18(21-5)22-14-17-8-7-13-27-17;/h7-8,13,16H,6,9-12,14-15H2,1-5H3,(H,21,22);1H. The highest BCUT2D eigenvalue weighted by atomic mass is 127. The molecule has 1 N–H and O–H groups in total. The Bertz CT molecular complexity index is 608. The van der Waals surface area contributed by atoms with Crippen LogP contribution >= 0.6 is 35.3 Å². The topological polar surface area (TPSA) is 57.2 Å². The summed E-state index contributed by atoms with van der Waals surface area (Å²) in [5.41, 5.74) is -0.450. The summed E-state index contributed by atoms with van der Waals surface area (Å²) in [6.07, 6.45) is 1.90. The van der Waals surface area contributed by atoms with Gasteiger partial charge in [0.25, 0.3) is 0 Å². The Morgan fingerprint density at radius 1 is 1.39 bits per heavy atom. The maximum absolute atomic E-state index is 12.3. The monoisotopic (exact) mass is 522 g/mol. The van der Waals surface area contributed by atoms with Gasteiger partial charge in [-0.15, -0.1) is 35.3 Å². The Morgan fingerprint density at radius 2 is 2.07 bits per heavy atom. The molecule has 1 amide bonds. The number of hydrogen-bond donors (Lipinski definition) is 1. The molecule has 2 rings (SSSR count). The van der Waals surface area contributed by atoms with Crippen molar-refractivity contribution in [2.24, 2.45) is 10.9 Å². The highest BCUT2D eigenvalue weighted by Crippen LogP contribution is 2.20. The van der Waals surface area contributed by atoms with Crippen molar-refractivity contribution in [1.29, 1.82) is 0 Å². The lowest BCUT2D eigenvalue weighted by Gasteiger charge is -2.36. The van der Waals surface area contributed by atoms with Crippen LogP contribution in [-0.2, 0) is 11.3 Å². The number of aliphatic imine (C=N–C) groups is 1. The lowest BCUT2D eigenvalue weighted by molar-refractivity contribution is 0.0214. The fourth-order valence-electron chi connectivity index (χ4n) is 3.21. The first-order valence-electron chi connectivity index (χ1n) is 9.78. The molecule has 0 aliphatic carbocycles. The van der Waals surface area contributed by atoms with Crippen molar-refractivity contribution in [2.45, 2.75) is 52.7 Å². The van der Waals surface area contributed by atoms with E-state index in [1.165, 1.54) is 4.88 Å². The maximum atomic E-state index is 12.3. The van der Waals surface area contributed by atoms with Gasteiger partial charge in [-0.25, -0.2) is 4.79 Å². The number of carbonyl (C=O) groups excluding carboxylic acids is 1. The maximum Gasteiger partial charge on any atom is 0.410 e. The van der Waals surface area contributed by atoms with Crippen LogP contribution in [-0.4, -0.2) is 60.7 Å². The van der Waals surface area contributed by atoms with E-state index in [9.17, 15) is 4.79 Å². The second kappa shape index (κ2) is 11.8. The van der Waals surface area contributed by atoms with E-state index in [1.54, 1.807) is 11.3 Å². The third-order valence-electron chi connectivity index (χ3n) is 4.64. The molecule has 1 saturated heterocycles. The lowest BCUT2D eigenvalue weighted by atomic mass is 9.96. The molecule has 2 heterocycles. The number of guanidine groups is 1. The third kappa shape index (κ3) is 8.14. The first-order valence-corrected chi connectivity index (χ1v) is 10.7. The summed E-state index contributed by atoms with van der Waals surface area (Å²) < 4.78 is 5.52. The Kier molecular flexibility index (Phi) is 10.6. The van der Waals surface area contributed by atoms with Gasteiger partial charge in [0.2, 0.25) is 0 Å². The highest BCUT2D eigenvalue weighted by Gasteiger charge is 2.27. The third-order valence-corrected chi connectivity index (χ3v) is 5.52. The minimum Gasteiger partial charge on any atom is -0.444 e. The number of piperidine rings is 1. The summed E-state index contributed by atoms with van der Waals surface area (Å²) >= 11 is 1.75. The molecule has 1 aliphatic rings. The number of rotatable bonds is 5. The Balaban J connectivity index is 0.00000392. The normalized spacial score (nSPS) is 15.8. The van der Waals surface area contributed by atoms with Crippen LogP contribution in [0.2, 0.25) is 0 Å². The van der Waals surface area contributed by atoms with Crippen LogP contribution < -0.4 is 5.32 Å². The summed E-state index contributed by atoms with van der Waals surface area (Å²) in [4.78, 5) is 22.2. The summed E-state index contributed by atoms with van der Waals surface area (Å²) in [5.74, 6) is 1.46. The molecule has 0 aromatic carbocycles. The lowest BCUT2D eigenvalue weighted by Crippen LogP contribution is -2.47. The Morgan fingerprint density at radius 3 is 2.57 bits per heavy atom. The molecule has 0 spiro atoms. The number of likely N-dealkylation sites (tertiary alicyclic amines) is 1. The van der Waals surface area contributed by atoms with Crippen LogP contribution in [0.25, 0.3) is 0 Å². The summed E-state index contributed by atoms with van der Waals surface area (Å²) in [5, 5.41) is 5.55. The zero-order chi connectivity index (χ0) is 19.9. The van der Waals surface area contributed by atoms with Crippen LogP contribution in [0.3, 0.4) is 0 Å². The van der Waals surface area contributed by atoms with Gasteiger partial charge in [0, 0.05) is 38.1 Å². The summed E-state index contributed by atoms with van der Waals surface area (Å²) in [7, 11) is 1.84. The van der Waals surface area contributed by atoms with Crippen molar-refractivity contribution < 1.29 is 9.53 Å². The van der Waals surface area contributed by atoms with Gasteiger partial charge in [0.1, 0.15) is 5.60 Å². The molecular formula is C20H35IN4O2S. The number of nitrogens with one attached hydrogen (secondary N) is 1. The van der Waals surface area contributed by atoms with E-state index in [1.807, 2.05) is 39.6 Å². The van der Waals surface area contributed by atoms with Gasteiger partial charge in [-0.05, 0) is 57.9 Å². The van der Waals surface area contributed by atoms with Crippen molar-refractivity contribution in [2.75, 3.05) is 33.2 Å². The second-order valence-electron chi connectivity index (χ2n) is 7.93. The zero-order valence-corrected chi connectivity index (χ0v) is 20.9. The average molecular weight is 522 g/mol. The molecule has 28 heavy (non-hydrogen) atoms. The zero-order valence-electron chi connectivity index (χ0n) is 17.7. The molecule has 1 aliphatic heterocycles. The molecule has 0 radical (unpaired) electrons. The smallest absolute Gasteiger partial charge is 0.410 e. The van der Waals surface area contributed by atoms with Crippen molar-refractivity contribution >= 4 is 47.4 Å². The number of thiophene rings is 1. The van der Waals surface area contributed by atoms with E-state index in [0.29, 0.717) is 12.5 Å². The van der Waals surface area contributed by atoms with Gasteiger partial charge in [0.05, 0.1) is 6.54 Å². The molecule has 0 bridgehead atoms. The van der Waals surface area contributed by atoms with Gasteiger partial charge in [-0.1, -0.05) is 6.07 Å². The minimum atomic E-state index is -0.450. The van der Waals surface area contributed by atoms with Gasteiger partial charge in [0.15, 0.2) is 5.96 Å². The molecule has 1 aromatic heterocycles. The van der Waals surface area contributed by atoms with Gasteiger partial charge in [-0.2, -0.15) is 0 Å². The first-order chi connectivity index (χ1) is 12.8. The highest BCUT2D eigenvalue weighted by molar-refractivity contribution is 14.0. The van der Waals surface area contributed by atoms with Crippen LogP contribution in [0.4, 0.5) is 4.79 Å². The molecule has 6 nitrogen and oxygen atoms in total. The molecular weight excluding hydrogens is 487 g/mol. The van der Waals surface area contributed by atoms with Gasteiger partial charge < -0.3 is 19.9 Å². The molecule has 0 atom stereocenters. The van der Waals surface area contributed by atoms with E-state index >= 15 is 0 Å². The second-order valence-corrected chi connectivity index (χ2v) is 8.96. The number of ether oxygens (including phenoxy) is 1. The molecule has 1 fully saturated rings. The number of carbonyl (C=O) groups is 1. The minimum absolute atomic E-state index is 0. The largest absolute Gasteiger partial charge is 0.444 e. The Hall–Kier alpha value is -1.03. The van der Waals surface area contributed by atoms with E-state index in [0.717, 1.165) is 45.0 Å². The van der Waals surface area contributed by atoms with Crippen LogP contribution in [0.5, 0.6) is 0 Å². The predicted molar refractivity (Wildman–Crippen MR) is 128 cm³/mol. The summed E-state index contributed by atoms with van der Waals surface area (Å²) in [6, 6.07) is 4.20. The van der Waals surface area contributed by atoms with E-state index in [-0.39, 0.29) is 30.1 Å². The first kappa shape index (κ1) is 25.0. The van der Waals surface area contributed by atoms with E-state index in [2.05, 4.69) is 32.7 Å². The molecule has 8 heteroatoms. The van der Waals surface area contributed by atoms with Crippen molar-refractivity contribution in [3.05, 3.63) is 22.4 Å². The fourth-order valence-corrected chi connectivity index (χ4v) is 3.85. The number of hydrogen-bond acceptors (Lipinski definition) is 4. The Labute approximate surface area is 190 Å². The summed E-state index contributed by atoms with van der Waals surface area (Å²) in [6.45, 7) is 11.9. The fraction of sp³-hybridized carbons (Fsp3) is 0.700. The van der Waals surface area contributed by atoms with Crippen molar-refractivity contribution in [3.63, 3.8) is 0 Å². The van der Waals surface area contributed by atoms with Gasteiger partial charge >= 0.3 is 6.09 Å². The van der Waals surface area contributed by atoms with Crippen molar-refractivity contribution in [3.8, 4) is 0 Å². The molecule has 0 unspecified atom stereocenters. The molecule has 160 valence electrons. The van der Waals surface area contributed by atoms with Crippen molar-refractivity contribution in [1.82, 2.24) is 15.1 Å². The SMILES string of the molecule is CCN(CC1CCN(C(=NC)NCc2cccs2)CC1)C(=O)OC(C)(C)C.I. The van der Waals surface area contributed by atoms with E-state index in [4.69, 9.17) is 4.74 Å². The number of nitrogens with zero attached hydrogens (tertiary/aromatic N) is 3. The van der Waals surface area contributed by atoms with Crippen LogP contribution in [0, 0.1) is 5.92 Å². The predicted octanol–water partition coefficient (Wildman–Crippen LogP) is 4.41.